The predicted molar refractivity (Wildman–Crippen MR) is 140 cm³/mol. The average Bonchev–Trinajstić information content (AvgIpc) is 3.10. The minimum atomic E-state index is -2.38. The van der Waals surface area contributed by atoms with Crippen molar-refractivity contribution in [2.45, 2.75) is 72.2 Å². The number of ketones is 1. The first-order valence-corrected chi connectivity index (χ1v) is 14.5. The second kappa shape index (κ2) is 8.75. The summed E-state index contributed by atoms with van der Waals surface area (Å²) in [4.78, 5) is 26.2. The lowest BCUT2D eigenvalue weighted by atomic mass is 9.93. The molecule has 2 N–H and O–H groups in total. The Labute approximate surface area is 207 Å². The summed E-state index contributed by atoms with van der Waals surface area (Å²) in [6.07, 6.45) is -0.715. The normalized spacial score (nSPS) is 12.6. The summed E-state index contributed by atoms with van der Waals surface area (Å²) < 4.78 is 13.4. The molecule has 35 heavy (non-hydrogen) atoms. The van der Waals surface area contributed by atoms with Crippen LogP contribution >= 0.6 is 0 Å². The first-order chi connectivity index (χ1) is 16.0. The highest BCUT2D eigenvalue weighted by Crippen LogP contribution is 2.47. The number of hydrogen-bond acceptors (Lipinski definition) is 6. The van der Waals surface area contributed by atoms with E-state index in [4.69, 9.17) is 9.16 Å². The number of aromatic nitrogens is 1. The maximum atomic E-state index is 13.5. The van der Waals surface area contributed by atoms with Gasteiger partial charge in [0.1, 0.15) is 17.1 Å². The van der Waals surface area contributed by atoms with Crippen molar-refractivity contribution >= 4 is 31.0 Å². The van der Waals surface area contributed by atoms with Gasteiger partial charge in [-0.3, -0.25) is 4.79 Å². The molecule has 0 spiro atoms. The van der Waals surface area contributed by atoms with Crippen LogP contribution < -0.4 is 4.43 Å². The van der Waals surface area contributed by atoms with Crippen LogP contribution in [0.25, 0.3) is 22.0 Å². The van der Waals surface area contributed by atoms with Gasteiger partial charge in [-0.15, -0.1) is 0 Å². The molecule has 7 nitrogen and oxygen atoms in total. The zero-order valence-electron chi connectivity index (χ0n) is 21.9. The number of nitrogens with zero attached hydrogens (tertiary/aromatic N) is 1. The summed E-state index contributed by atoms with van der Waals surface area (Å²) >= 11 is 0. The number of rotatable bonds is 4. The van der Waals surface area contributed by atoms with Gasteiger partial charge < -0.3 is 19.4 Å². The molecular formula is C27H35NO6Si. The Morgan fingerprint density at radius 3 is 1.91 bits per heavy atom. The van der Waals surface area contributed by atoms with E-state index in [0.717, 1.165) is 0 Å². The van der Waals surface area contributed by atoms with Gasteiger partial charge in [0.2, 0.25) is 0 Å². The van der Waals surface area contributed by atoms with Crippen molar-refractivity contribution in [2.75, 3.05) is 0 Å². The molecule has 188 valence electrons. The van der Waals surface area contributed by atoms with Crippen molar-refractivity contribution in [3.8, 4) is 28.6 Å². The van der Waals surface area contributed by atoms with E-state index in [0.29, 0.717) is 10.8 Å². The molecule has 0 radical (unpaired) electrons. The number of fused-ring (bicyclic) bond motifs is 1. The largest absolute Gasteiger partial charge is 0.531 e. The van der Waals surface area contributed by atoms with E-state index in [1.807, 2.05) is 0 Å². The lowest BCUT2D eigenvalue weighted by molar-refractivity contribution is 0.0531. The highest BCUT2D eigenvalue weighted by molar-refractivity contribution is 6.74. The van der Waals surface area contributed by atoms with Gasteiger partial charge in [-0.2, -0.15) is 0 Å². The van der Waals surface area contributed by atoms with Crippen LogP contribution in [0.2, 0.25) is 18.1 Å². The molecule has 0 aliphatic carbocycles. The maximum absolute atomic E-state index is 13.5. The quantitative estimate of drug-likeness (QED) is 0.227. The standard InChI is InChI=1S/C27H35NO6Si/c1-16(29)21-22(24(31)18-13-11-10-12-17(18)23(21)30)19-14-15-20(34-35(8,9)27(5,6)7)28(19)25(32)33-26(2,3)4/h10-15,30-31H,1-9H3. The zero-order chi connectivity index (χ0) is 26.5. The maximum Gasteiger partial charge on any atom is 0.421 e. The molecule has 0 amide bonds. The summed E-state index contributed by atoms with van der Waals surface area (Å²) in [7, 11) is -2.38. The van der Waals surface area contributed by atoms with Gasteiger partial charge in [0, 0.05) is 10.8 Å². The Hall–Kier alpha value is -3.26. The van der Waals surface area contributed by atoms with Gasteiger partial charge in [-0.1, -0.05) is 45.0 Å². The van der Waals surface area contributed by atoms with Gasteiger partial charge in [-0.25, -0.2) is 9.36 Å². The molecule has 8 heteroatoms. The molecule has 1 heterocycles. The van der Waals surface area contributed by atoms with E-state index < -0.39 is 25.8 Å². The van der Waals surface area contributed by atoms with Crippen LogP contribution in [-0.4, -0.2) is 40.6 Å². The minimum absolute atomic E-state index is 0.0460. The van der Waals surface area contributed by atoms with E-state index in [-0.39, 0.29) is 39.2 Å². The molecule has 0 aliphatic heterocycles. The molecule has 1 aromatic heterocycles. The first kappa shape index (κ1) is 26.3. The Balaban J connectivity index is 2.39. The van der Waals surface area contributed by atoms with Gasteiger partial charge in [0.25, 0.3) is 8.32 Å². The Kier molecular flexibility index (Phi) is 6.59. The highest BCUT2D eigenvalue weighted by Gasteiger charge is 2.41. The van der Waals surface area contributed by atoms with Gasteiger partial charge >= 0.3 is 6.09 Å². The third kappa shape index (κ3) is 4.93. The number of phenolic OH excluding ortho intramolecular Hbond substituents is 2. The summed E-state index contributed by atoms with van der Waals surface area (Å²) in [6, 6.07) is 9.93. The van der Waals surface area contributed by atoms with Crippen LogP contribution in [0.4, 0.5) is 4.79 Å². The molecule has 0 atom stereocenters. The van der Waals surface area contributed by atoms with Crippen LogP contribution in [0.1, 0.15) is 58.8 Å². The Bertz CT molecular complexity index is 1310. The number of benzene rings is 2. The van der Waals surface area contributed by atoms with E-state index in [2.05, 4.69) is 33.9 Å². The lowest BCUT2D eigenvalue weighted by Crippen LogP contribution is -2.44. The van der Waals surface area contributed by atoms with Crippen molar-refractivity contribution in [3.63, 3.8) is 0 Å². The number of hydrogen-bond donors (Lipinski definition) is 2. The number of phenols is 2. The first-order valence-electron chi connectivity index (χ1n) is 11.6. The summed E-state index contributed by atoms with van der Waals surface area (Å²) in [5.74, 6) is -0.681. The predicted octanol–water partition coefficient (Wildman–Crippen LogP) is 7.09. The van der Waals surface area contributed by atoms with E-state index in [1.165, 1.54) is 11.5 Å². The van der Waals surface area contributed by atoms with Crippen LogP contribution in [0.5, 0.6) is 17.4 Å². The molecule has 3 aromatic rings. The van der Waals surface area contributed by atoms with Crippen LogP contribution in [0, 0.1) is 0 Å². The highest BCUT2D eigenvalue weighted by atomic mass is 28.4. The van der Waals surface area contributed by atoms with Crippen LogP contribution in [0.3, 0.4) is 0 Å². The van der Waals surface area contributed by atoms with Crippen molar-refractivity contribution in [1.82, 2.24) is 4.57 Å². The van der Waals surface area contributed by atoms with Crippen molar-refractivity contribution < 1.29 is 29.0 Å². The number of ether oxygens (including phenoxy) is 1. The van der Waals surface area contributed by atoms with Gasteiger partial charge in [-0.05, 0) is 58.0 Å². The second-order valence-electron chi connectivity index (χ2n) is 11.3. The summed E-state index contributed by atoms with van der Waals surface area (Å²) in [5, 5.41) is 22.9. The molecule has 2 aromatic carbocycles. The van der Waals surface area contributed by atoms with Crippen molar-refractivity contribution in [1.29, 1.82) is 0 Å². The number of carbonyl (C=O) groups excluding carboxylic acids is 2. The number of Topliss-reactive ketones (excluding diaryl/α,β-unsaturated/α-hetero) is 1. The van der Waals surface area contributed by atoms with E-state index >= 15 is 0 Å². The lowest BCUT2D eigenvalue weighted by Gasteiger charge is -2.36. The van der Waals surface area contributed by atoms with Crippen LogP contribution in [-0.2, 0) is 4.74 Å². The van der Waals surface area contributed by atoms with Gasteiger partial charge in [0.15, 0.2) is 11.7 Å². The fraction of sp³-hybridized carbons (Fsp3) is 0.407. The fourth-order valence-corrected chi connectivity index (χ4v) is 4.59. The summed E-state index contributed by atoms with van der Waals surface area (Å²) in [6.45, 7) is 16.9. The van der Waals surface area contributed by atoms with Crippen LogP contribution in [0.15, 0.2) is 36.4 Å². The third-order valence-electron chi connectivity index (χ3n) is 6.36. The SMILES string of the molecule is CC(=O)c1c(-c2ccc(O[Si](C)(C)C(C)(C)C)n2C(=O)OC(C)(C)C)c(O)c2ccccc2c1O. The molecule has 0 fully saturated rings. The molecule has 3 rings (SSSR count). The zero-order valence-corrected chi connectivity index (χ0v) is 22.9. The molecule has 0 bridgehead atoms. The molecule has 0 unspecified atom stereocenters. The average molecular weight is 498 g/mol. The topological polar surface area (TPSA) is 98.0 Å². The van der Waals surface area contributed by atoms with E-state index in [9.17, 15) is 19.8 Å². The second-order valence-corrected chi connectivity index (χ2v) is 16.0. The fourth-order valence-electron chi connectivity index (χ4n) is 3.60. The molecule has 0 saturated carbocycles. The smallest absolute Gasteiger partial charge is 0.421 e. The molecular weight excluding hydrogens is 462 g/mol. The number of carbonyl (C=O) groups is 2. The third-order valence-corrected chi connectivity index (χ3v) is 10.7. The van der Waals surface area contributed by atoms with Gasteiger partial charge in [0.05, 0.1) is 16.8 Å². The molecule has 0 saturated heterocycles. The summed E-state index contributed by atoms with van der Waals surface area (Å²) in [5.41, 5.74) is -0.645. The van der Waals surface area contributed by atoms with Crippen molar-refractivity contribution in [3.05, 3.63) is 42.0 Å². The Morgan fingerprint density at radius 2 is 1.43 bits per heavy atom. The van der Waals surface area contributed by atoms with Crippen molar-refractivity contribution in [2.24, 2.45) is 0 Å². The van der Waals surface area contributed by atoms with E-state index in [1.54, 1.807) is 57.2 Å². The minimum Gasteiger partial charge on any atom is -0.531 e. The number of aromatic hydroxyl groups is 2. The molecule has 0 aliphatic rings. The Morgan fingerprint density at radius 1 is 0.886 bits per heavy atom. The monoisotopic (exact) mass is 497 g/mol.